The van der Waals surface area contributed by atoms with Gasteiger partial charge in [-0.1, -0.05) is 11.6 Å². The third-order valence-corrected chi connectivity index (χ3v) is 4.60. The van der Waals surface area contributed by atoms with Gasteiger partial charge in [0.25, 0.3) is 0 Å². The number of furan rings is 1. The second-order valence-electron chi connectivity index (χ2n) is 5.20. The van der Waals surface area contributed by atoms with Crippen LogP contribution >= 0.6 is 11.6 Å². The molecule has 1 amide bonds. The first-order chi connectivity index (χ1) is 11.3. The third kappa shape index (κ3) is 3.59. The number of primary sulfonamides is 1. The van der Waals surface area contributed by atoms with E-state index in [1.807, 2.05) is 0 Å². The van der Waals surface area contributed by atoms with Gasteiger partial charge in [0.05, 0.1) is 17.6 Å². The van der Waals surface area contributed by atoms with Gasteiger partial charge >= 0.3 is 0 Å². The first-order valence-electron chi connectivity index (χ1n) is 6.91. The Morgan fingerprint density at radius 2 is 1.88 bits per heavy atom. The van der Waals surface area contributed by atoms with E-state index in [1.165, 1.54) is 30.5 Å². The highest BCUT2D eigenvalue weighted by atomic mass is 35.5. The lowest BCUT2D eigenvalue weighted by Crippen LogP contribution is -2.15. The molecule has 0 aliphatic rings. The molecule has 24 heavy (non-hydrogen) atoms. The zero-order valence-electron chi connectivity index (χ0n) is 12.3. The Morgan fingerprint density at radius 1 is 1.17 bits per heavy atom. The van der Waals surface area contributed by atoms with Crippen molar-refractivity contribution in [3.05, 3.63) is 59.3 Å². The number of sulfonamides is 1. The van der Waals surface area contributed by atoms with Crippen molar-refractivity contribution in [3.63, 3.8) is 0 Å². The minimum atomic E-state index is -3.76. The molecule has 0 unspecified atom stereocenters. The van der Waals surface area contributed by atoms with Crippen LogP contribution in [0.3, 0.4) is 0 Å². The van der Waals surface area contributed by atoms with Crippen LogP contribution in [0.1, 0.15) is 5.56 Å². The Kier molecular flexibility index (Phi) is 4.31. The number of benzene rings is 2. The van der Waals surface area contributed by atoms with Gasteiger partial charge in [0.2, 0.25) is 15.9 Å². The number of anilines is 1. The topological polar surface area (TPSA) is 102 Å². The Balaban J connectivity index is 1.74. The van der Waals surface area contributed by atoms with Crippen LogP contribution in [0.4, 0.5) is 5.69 Å². The summed E-state index contributed by atoms with van der Waals surface area (Å²) in [5.74, 6) is -0.263. The van der Waals surface area contributed by atoms with Crippen LogP contribution in [0.5, 0.6) is 0 Å². The smallest absolute Gasteiger partial charge is 0.238 e. The van der Waals surface area contributed by atoms with Crippen molar-refractivity contribution in [1.82, 2.24) is 0 Å². The molecule has 1 aromatic heterocycles. The largest absolute Gasteiger partial charge is 0.464 e. The van der Waals surface area contributed by atoms with E-state index in [9.17, 15) is 13.2 Å². The normalized spacial score (nSPS) is 11.6. The highest BCUT2D eigenvalue weighted by Gasteiger charge is 2.12. The Labute approximate surface area is 143 Å². The lowest BCUT2D eigenvalue weighted by molar-refractivity contribution is -0.115. The number of halogens is 1. The number of carbonyl (C=O) groups excluding carboxylic acids is 1. The van der Waals surface area contributed by atoms with E-state index in [-0.39, 0.29) is 17.2 Å². The number of amides is 1. The van der Waals surface area contributed by atoms with Crippen molar-refractivity contribution >= 4 is 44.2 Å². The van der Waals surface area contributed by atoms with Crippen LogP contribution in [0.25, 0.3) is 11.0 Å². The van der Waals surface area contributed by atoms with Crippen molar-refractivity contribution in [2.24, 2.45) is 5.14 Å². The molecule has 0 saturated heterocycles. The Bertz CT molecular complexity index is 1010. The molecule has 0 fully saturated rings. The molecule has 0 bridgehead atoms. The summed E-state index contributed by atoms with van der Waals surface area (Å²) in [5.41, 5.74) is 1.84. The van der Waals surface area contributed by atoms with Crippen LogP contribution in [0, 0.1) is 0 Å². The summed E-state index contributed by atoms with van der Waals surface area (Å²) < 4.78 is 27.8. The molecule has 3 rings (SSSR count). The zero-order valence-corrected chi connectivity index (χ0v) is 13.9. The molecule has 0 aliphatic heterocycles. The Morgan fingerprint density at radius 3 is 2.54 bits per heavy atom. The summed E-state index contributed by atoms with van der Waals surface area (Å²) in [6.07, 6.45) is 1.62. The predicted octanol–water partition coefficient (Wildman–Crippen LogP) is 2.91. The van der Waals surface area contributed by atoms with Gasteiger partial charge in [-0.3, -0.25) is 4.79 Å². The zero-order chi connectivity index (χ0) is 17.3. The quantitative estimate of drug-likeness (QED) is 0.742. The average Bonchev–Trinajstić information content (AvgIpc) is 2.89. The second-order valence-corrected chi connectivity index (χ2v) is 7.19. The van der Waals surface area contributed by atoms with Crippen molar-refractivity contribution in [2.75, 3.05) is 5.32 Å². The van der Waals surface area contributed by atoms with Crippen molar-refractivity contribution in [2.45, 2.75) is 11.3 Å². The van der Waals surface area contributed by atoms with E-state index in [0.29, 0.717) is 21.9 Å². The molecule has 0 saturated carbocycles. The monoisotopic (exact) mass is 364 g/mol. The predicted molar refractivity (Wildman–Crippen MR) is 91.4 cm³/mol. The number of carbonyl (C=O) groups is 1. The van der Waals surface area contributed by atoms with Crippen LogP contribution < -0.4 is 10.5 Å². The Hall–Kier alpha value is -2.35. The maximum Gasteiger partial charge on any atom is 0.238 e. The summed E-state index contributed by atoms with van der Waals surface area (Å²) in [7, 11) is -3.76. The van der Waals surface area contributed by atoms with Crippen molar-refractivity contribution in [3.8, 4) is 0 Å². The SMILES string of the molecule is NS(=O)(=O)c1ccc(NC(=O)Cc2coc3ccc(Cl)cc23)cc1. The summed E-state index contributed by atoms with van der Waals surface area (Å²) in [5, 5.41) is 9.06. The first-order valence-corrected chi connectivity index (χ1v) is 8.84. The van der Waals surface area contributed by atoms with Crippen LogP contribution in [0.15, 0.2) is 58.0 Å². The lowest BCUT2D eigenvalue weighted by Gasteiger charge is -2.05. The number of nitrogens with two attached hydrogens (primary N) is 1. The highest BCUT2D eigenvalue weighted by molar-refractivity contribution is 7.89. The maximum atomic E-state index is 12.2. The van der Waals surface area contributed by atoms with Gasteiger partial charge in [0, 0.05) is 21.7 Å². The van der Waals surface area contributed by atoms with Gasteiger partial charge in [0.15, 0.2) is 0 Å². The van der Waals surface area contributed by atoms with Crippen molar-refractivity contribution < 1.29 is 17.6 Å². The fraction of sp³-hybridized carbons (Fsp3) is 0.0625. The summed E-state index contributed by atoms with van der Waals surface area (Å²) in [4.78, 5) is 12.1. The van der Waals surface area contributed by atoms with Gasteiger partial charge in [-0.05, 0) is 42.5 Å². The molecule has 1 heterocycles. The van der Waals surface area contributed by atoms with Crippen LogP contribution in [-0.2, 0) is 21.2 Å². The molecule has 0 aliphatic carbocycles. The van der Waals surface area contributed by atoms with Crippen LogP contribution in [-0.4, -0.2) is 14.3 Å². The molecule has 0 radical (unpaired) electrons. The van der Waals surface area contributed by atoms with E-state index < -0.39 is 10.0 Å². The van der Waals surface area contributed by atoms with E-state index in [0.717, 1.165) is 5.39 Å². The number of nitrogens with one attached hydrogen (secondary N) is 1. The standard InChI is InChI=1S/C16H13ClN2O4S/c17-11-1-6-15-14(8-11)10(9-23-15)7-16(20)19-12-2-4-13(5-3-12)24(18,21)22/h1-6,8-9H,7H2,(H,19,20)(H2,18,21,22). The molecular weight excluding hydrogens is 352 g/mol. The summed E-state index contributed by atoms with van der Waals surface area (Å²) >= 11 is 5.96. The average molecular weight is 365 g/mol. The first kappa shape index (κ1) is 16.5. The molecule has 6 nitrogen and oxygen atoms in total. The molecule has 3 N–H and O–H groups in total. The van der Waals surface area contributed by atoms with Gasteiger partial charge in [-0.15, -0.1) is 0 Å². The second kappa shape index (κ2) is 6.27. The molecule has 124 valence electrons. The van der Waals surface area contributed by atoms with E-state index in [4.69, 9.17) is 21.2 Å². The molecule has 0 spiro atoms. The summed E-state index contributed by atoms with van der Waals surface area (Å²) in [6.45, 7) is 0. The fourth-order valence-electron chi connectivity index (χ4n) is 2.30. The molecule has 3 aromatic rings. The minimum absolute atomic E-state index is 0.0176. The molecular formula is C16H13ClN2O4S. The molecule has 8 heteroatoms. The molecule has 0 atom stereocenters. The van der Waals surface area contributed by atoms with Gasteiger partial charge in [-0.25, -0.2) is 13.6 Å². The third-order valence-electron chi connectivity index (χ3n) is 3.43. The number of hydrogen-bond acceptors (Lipinski definition) is 4. The lowest BCUT2D eigenvalue weighted by atomic mass is 10.1. The van der Waals surface area contributed by atoms with Crippen LogP contribution in [0.2, 0.25) is 5.02 Å². The minimum Gasteiger partial charge on any atom is -0.464 e. The number of hydrogen-bond donors (Lipinski definition) is 2. The van der Waals surface area contributed by atoms with Gasteiger partial charge in [-0.2, -0.15) is 0 Å². The van der Waals surface area contributed by atoms with Gasteiger partial charge < -0.3 is 9.73 Å². The maximum absolute atomic E-state index is 12.2. The fourth-order valence-corrected chi connectivity index (χ4v) is 2.98. The number of rotatable bonds is 4. The number of fused-ring (bicyclic) bond motifs is 1. The van der Waals surface area contributed by atoms with E-state index >= 15 is 0 Å². The van der Waals surface area contributed by atoms with E-state index in [2.05, 4.69) is 5.32 Å². The van der Waals surface area contributed by atoms with Gasteiger partial charge in [0.1, 0.15) is 5.58 Å². The van der Waals surface area contributed by atoms with Crippen molar-refractivity contribution in [1.29, 1.82) is 0 Å². The highest BCUT2D eigenvalue weighted by Crippen LogP contribution is 2.25. The van der Waals surface area contributed by atoms with E-state index in [1.54, 1.807) is 18.2 Å². The summed E-state index contributed by atoms with van der Waals surface area (Å²) in [6, 6.07) is 10.8. The molecule has 2 aromatic carbocycles.